The molecular formula is C18H28N4O6. The van der Waals surface area contributed by atoms with Gasteiger partial charge in [-0.25, -0.2) is 0 Å². The predicted molar refractivity (Wildman–Crippen MR) is 105 cm³/mol. The monoisotopic (exact) mass is 396 g/mol. The highest BCUT2D eigenvalue weighted by Crippen LogP contribution is 2.29. The molecule has 3 N–H and O–H groups in total. The second-order valence-electron chi connectivity index (χ2n) is 5.99. The van der Waals surface area contributed by atoms with Gasteiger partial charge < -0.3 is 25.4 Å². The molecule has 0 aliphatic heterocycles. The zero-order valence-electron chi connectivity index (χ0n) is 16.4. The molecule has 0 aliphatic rings. The van der Waals surface area contributed by atoms with Gasteiger partial charge in [0.1, 0.15) is 17.5 Å². The average Bonchev–Trinajstić information content (AvgIpc) is 2.65. The Bertz CT molecular complexity index is 678. The van der Waals surface area contributed by atoms with Crippen LogP contribution in [-0.4, -0.2) is 65.6 Å². The summed E-state index contributed by atoms with van der Waals surface area (Å²) >= 11 is 0. The maximum Gasteiger partial charge on any atom is 0.321 e. The molecule has 0 unspecified atom stereocenters. The molecule has 0 aliphatic carbocycles. The molecule has 0 saturated heterocycles. The molecule has 1 aromatic carbocycles. The van der Waals surface area contributed by atoms with E-state index in [9.17, 15) is 24.8 Å². The summed E-state index contributed by atoms with van der Waals surface area (Å²) in [7, 11) is 0. The van der Waals surface area contributed by atoms with Gasteiger partial charge in [0.15, 0.2) is 0 Å². The first-order valence-corrected chi connectivity index (χ1v) is 9.21. The van der Waals surface area contributed by atoms with Crippen LogP contribution in [0.25, 0.3) is 0 Å². The van der Waals surface area contributed by atoms with Crippen LogP contribution in [0.3, 0.4) is 0 Å². The van der Waals surface area contributed by atoms with Gasteiger partial charge in [0.05, 0.1) is 24.0 Å². The van der Waals surface area contributed by atoms with Crippen LogP contribution in [0.15, 0.2) is 18.2 Å². The van der Waals surface area contributed by atoms with Crippen molar-refractivity contribution in [2.75, 3.05) is 38.1 Å². The fraction of sp³-hybridized carbons (Fsp3) is 0.556. The molecule has 10 heteroatoms. The number of anilines is 1. The Kier molecular flexibility index (Phi) is 9.89. The number of carbonyl (C=O) groups is 2. The molecule has 0 saturated carbocycles. The van der Waals surface area contributed by atoms with Crippen LogP contribution in [0.4, 0.5) is 11.4 Å². The summed E-state index contributed by atoms with van der Waals surface area (Å²) in [5.74, 6) is -1.47. The van der Waals surface area contributed by atoms with Crippen LogP contribution in [-0.2, 0) is 9.59 Å². The van der Waals surface area contributed by atoms with E-state index < -0.39 is 22.8 Å². The highest BCUT2D eigenvalue weighted by atomic mass is 16.6. The van der Waals surface area contributed by atoms with Gasteiger partial charge in [0.25, 0.3) is 5.69 Å². The molecule has 156 valence electrons. The standard InChI is InChI=1S/C18H28N4O6/c1-4-21(5-2)10-9-19-15(18(24)25)12-17(23)20-14-8-7-13(28-6-3)11-16(14)22(26)27/h7-8,11,15,19H,4-6,9-10,12H2,1-3H3,(H,20,23)(H,24,25)/t15-/m0/s1. The third-order valence-corrected chi connectivity index (χ3v) is 4.15. The number of aliphatic carboxylic acids is 1. The summed E-state index contributed by atoms with van der Waals surface area (Å²) in [5, 5.41) is 25.8. The zero-order chi connectivity index (χ0) is 21.1. The number of benzene rings is 1. The maximum atomic E-state index is 12.2. The largest absolute Gasteiger partial charge is 0.494 e. The molecule has 0 spiro atoms. The lowest BCUT2D eigenvalue weighted by Gasteiger charge is -2.20. The van der Waals surface area contributed by atoms with Crippen molar-refractivity contribution in [1.82, 2.24) is 10.2 Å². The fourth-order valence-corrected chi connectivity index (χ4v) is 2.59. The highest BCUT2D eigenvalue weighted by molar-refractivity contribution is 5.95. The number of likely N-dealkylation sites (N-methyl/N-ethyl adjacent to an activating group) is 1. The molecule has 0 aromatic heterocycles. The first kappa shape index (κ1) is 23.3. The van der Waals surface area contributed by atoms with Crippen molar-refractivity contribution < 1.29 is 24.4 Å². The number of hydrogen-bond acceptors (Lipinski definition) is 7. The zero-order valence-corrected chi connectivity index (χ0v) is 16.4. The number of rotatable bonds is 13. The van der Waals surface area contributed by atoms with Crippen LogP contribution in [0, 0.1) is 10.1 Å². The van der Waals surface area contributed by atoms with E-state index in [2.05, 4.69) is 15.5 Å². The Balaban J connectivity index is 2.74. The van der Waals surface area contributed by atoms with Gasteiger partial charge in [-0.2, -0.15) is 0 Å². The van der Waals surface area contributed by atoms with E-state index in [0.29, 0.717) is 25.4 Å². The van der Waals surface area contributed by atoms with Crippen molar-refractivity contribution in [1.29, 1.82) is 0 Å². The first-order valence-electron chi connectivity index (χ1n) is 9.21. The van der Waals surface area contributed by atoms with Crippen LogP contribution in [0.1, 0.15) is 27.2 Å². The van der Waals surface area contributed by atoms with Gasteiger partial charge >= 0.3 is 5.97 Å². The topological polar surface area (TPSA) is 134 Å². The number of hydrogen-bond donors (Lipinski definition) is 3. The second-order valence-corrected chi connectivity index (χ2v) is 5.99. The minimum Gasteiger partial charge on any atom is -0.494 e. The van der Waals surface area contributed by atoms with Gasteiger partial charge in [-0.15, -0.1) is 0 Å². The smallest absolute Gasteiger partial charge is 0.321 e. The lowest BCUT2D eigenvalue weighted by molar-refractivity contribution is -0.384. The fourth-order valence-electron chi connectivity index (χ4n) is 2.59. The first-order chi connectivity index (χ1) is 13.3. The molecular weight excluding hydrogens is 368 g/mol. The molecule has 1 aromatic rings. The van der Waals surface area contributed by atoms with Gasteiger partial charge in [0.2, 0.25) is 5.91 Å². The lowest BCUT2D eigenvalue weighted by Crippen LogP contribution is -2.43. The molecule has 1 rings (SSSR count). The van der Waals surface area contributed by atoms with Crippen molar-refractivity contribution in [3.63, 3.8) is 0 Å². The molecule has 1 atom stereocenters. The van der Waals surface area contributed by atoms with Gasteiger partial charge in [-0.05, 0) is 32.1 Å². The summed E-state index contributed by atoms with van der Waals surface area (Å²) in [5.41, 5.74) is -0.327. The lowest BCUT2D eigenvalue weighted by atomic mass is 10.2. The van der Waals surface area contributed by atoms with Gasteiger partial charge in [-0.1, -0.05) is 13.8 Å². The van der Waals surface area contributed by atoms with Crippen LogP contribution in [0.5, 0.6) is 5.75 Å². The third-order valence-electron chi connectivity index (χ3n) is 4.15. The van der Waals surface area contributed by atoms with E-state index in [4.69, 9.17) is 4.74 Å². The number of carboxylic acids is 1. The molecule has 28 heavy (non-hydrogen) atoms. The van der Waals surface area contributed by atoms with Crippen molar-refractivity contribution in [3.8, 4) is 5.75 Å². The minimum atomic E-state index is -1.16. The number of nitro groups is 1. The number of amides is 1. The summed E-state index contributed by atoms with van der Waals surface area (Å²) in [6.07, 6.45) is -0.349. The van der Waals surface area contributed by atoms with Crippen LogP contribution >= 0.6 is 0 Å². The van der Waals surface area contributed by atoms with Gasteiger partial charge in [0, 0.05) is 13.1 Å². The van der Waals surface area contributed by atoms with Crippen molar-refractivity contribution >= 4 is 23.3 Å². The predicted octanol–water partition coefficient (Wildman–Crippen LogP) is 1.71. The van der Waals surface area contributed by atoms with E-state index in [0.717, 1.165) is 13.1 Å². The Hall–Kier alpha value is -2.72. The maximum absolute atomic E-state index is 12.2. The highest BCUT2D eigenvalue weighted by Gasteiger charge is 2.23. The number of nitrogens with one attached hydrogen (secondary N) is 2. The average molecular weight is 396 g/mol. The Morgan fingerprint density at radius 3 is 2.50 bits per heavy atom. The Morgan fingerprint density at radius 2 is 1.96 bits per heavy atom. The minimum absolute atomic E-state index is 0.00858. The van der Waals surface area contributed by atoms with Crippen LogP contribution < -0.4 is 15.4 Å². The summed E-state index contributed by atoms with van der Waals surface area (Å²) in [6.45, 7) is 8.88. The van der Waals surface area contributed by atoms with E-state index >= 15 is 0 Å². The van der Waals surface area contributed by atoms with Crippen molar-refractivity contribution in [3.05, 3.63) is 28.3 Å². The quantitative estimate of drug-likeness (QED) is 0.339. The molecule has 1 amide bonds. The summed E-state index contributed by atoms with van der Waals surface area (Å²) in [4.78, 5) is 36.4. The number of nitrogens with zero attached hydrogens (tertiary/aromatic N) is 2. The Morgan fingerprint density at radius 1 is 1.29 bits per heavy atom. The number of carbonyl (C=O) groups excluding carboxylic acids is 1. The van der Waals surface area contributed by atoms with Crippen LogP contribution in [0.2, 0.25) is 0 Å². The Labute approximate surface area is 164 Å². The third kappa shape index (κ3) is 7.49. The number of carboxylic acid groups (broad SMARTS) is 1. The van der Waals surface area contributed by atoms with Crippen molar-refractivity contribution in [2.24, 2.45) is 0 Å². The van der Waals surface area contributed by atoms with E-state index in [1.807, 2.05) is 13.8 Å². The second kappa shape index (κ2) is 11.9. The summed E-state index contributed by atoms with van der Waals surface area (Å²) < 4.78 is 5.23. The molecule has 0 radical (unpaired) electrons. The van der Waals surface area contributed by atoms with Gasteiger partial charge in [-0.3, -0.25) is 19.7 Å². The van der Waals surface area contributed by atoms with E-state index in [-0.39, 0.29) is 17.8 Å². The number of ether oxygens (including phenoxy) is 1. The van der Waals surface area contributed by atoms with E-state index in [1.165, 1.54) is 18.2 Å². The number of nitro benzene ring substituents is 1. The molecule has 10 nitrogen and oxygen atoms in total. The SMILES string of the molecule is CCOc1ccc(NC(=O)C[C@H](NCCN(CC)CC)C(=O)O)c([N+](=O)[O-])c1. The summed E-state index contributed by atoms with van der Waals surface area (Å²) in [6, 6.07) is 3.00. The normalized spacial score (nSPS) is 11.9. The molecule has 0 bridgehead atoms. The van der Waals surface area contributed by atoms with E-state index in [1.54, 1.807) is 6.92 Å². The molecule has 0 fully saturated rings. The van der Waals surface area contributed by atoms with Crippen molar-refractivity contribution in [2.45, 2.75) is 33.2 Å². The molecule has 0 heterocycles.